The Morgan fingerprint density at radius 2 is 1.70 bits per heavy atom. The van der Waals surface area contributed by atoms with Crippen molar-refractivity contribution in [2.45, 2.75) is 31.1 Å². The standard InChI is InChI=1S/C17H18N2O3S/c1-17(2,3)12-6-4-11(5-7-12)16-18-14-9-8-13(23(20,21)22)10-15(14)19-16/h4-10H,1-3H3,(H,18,19)(H,20,21,22). The van der Waals surface area contributed by atoms with E-state index in [0.717, 1.165) is 5.56 Å². The van der Waals surface area contributed by atoms with Crippen molar-refractivity contribution in [2.75, 3.05) is 0 Å². The monoisotopic (exact) mass is 330 g/mol. The first-order valence-electron chi connectivity index (χ1n) is 7.23. The van der Waals surface area contributed by atoms with E-state index in [1.165, 1.54) is 17.7 Å². The van der Waals surface area contributed by atoms with Crippen LogP contribution in [0.3, 0.4) is 0 Å². The molecule has 0 saturated carbocycles. The molecule has 2 N–H and O–H groups in total. The number of nitrogens with one attached hydrogen (secondary N) is 1. The summed E-state index contributed by atoms with van der Waals surface area (Å²) in [5, 5.41) is 0. The van der Waals surface area contributed by atoms with Gasteiger partial charge in [-0.1, -0.05) is 45.0 Å². The van der Waals surface area contributed by atoms with E-state index in [-0.39, 0.29) is 10.3 Å². The Morgan fingerprint density at radius 3 is 2.26 bits per heavy atom. The lowest BCUT2D eigenvalue weighted by Gasteiger charge is -2.18. The molecule has 2 aromatic carbocycles. The Hall–Kier alpha value is -2.18. The van der Waals surface area contributed by atoms with Crippen LogP contribution < -0.4 is 0 Å². The van der Waals surface area contributed by atoms with Crippen molar-refractivity contribution in [3.05, 3.63) is 48.0 Å². The summed E-state index contributed by atoms with van der Waals surface area (Å²) in [7, 11) is -4.22. The molecule has 0 aliphatic rings. The van der Waals surface area contributed by atoms with Crippen LogP contribution >= 0.6 is 0 Å². The van der Waals surface area contributed by atoms with Crippen LogP contribution in [-0.4, -0.2) is 22.9 Å². The summed E-state index contributed by atoms with van der Waals surface area (Å²) in [6, 6.07) is 12.4. The van der Waals surface area contributed by atoms with Crippen LogP contribution in [0.15, 0.2) is 47.4 Å². The van der Waals surface area contributed by atoms with E-state index in [1.54, 1.807) is 6.07 Å². The van der Waals surface area contributed by atoms with Gasteiger partial charge in [0.2, 0.25) is 0 Å². The number of hydrogen-bond acceptors (Lipinski definition) is 3. The highest BCUT2D eigenvalue weighted by atomic mass is 32.2. The fourth-order valence-electron chi connectivity index (χ4n) is 2.41. The normalized spacial score (nSPS) is 12.7. The van der Waals surface area contributed by atoms with Gasteiger partial charge < -0.3 is 4.98 Å². The average Bonchev–Trinajstić information content (AvgIpc) is 2.88. The number of aromatic nitrogens is 2. The maximum absolute atomic E-state index is 11.2. The topological polar surface area (TPSA) is 83.1 Å². The van der Waals surface area contributed by atoms with E-state index < -0.39 is 10.1 Å². The van der Waals surface area contributed by atoms with E-state index >= 15 is 0 Å². The molecule has 1 heterocycles. The second-order valence-electron chi connectivity index (χ2n) is 6.57. The lowest BCUT2D eigenvalue weighted by molar-refractivity contribution is 0.483. The summed E-state index contributed by atoms with van der Waals surface area (Å²) < 4.78 is 31.5. The number of rotatable bonds is 2. The van der Waals surface area contributed by atoms with Crippen molar-refractivity contribution in [3.63, 3.8) is 0 Å². The first kappa shape index (κ1) is 15.7. The van der Waals surface area contributed by atoms with Gasteiger partial charge in [0.1, 0.15) is 5.82 Å². The lowest BCUT2D eigenvalue weighted by Crippen LogP contribution is -2.10. The summed E-state index contributed by atoms with van der Waals surface area (Å²) in [4.78, 5) is 7.41. The highest BCUT2D eigenvalue weighted by molar-refractivity contribution is 7.85. The van der Waals surface area contributed by atoms with Gasteiger partial charge in [-0.05, 0) is 29.2 Å². The molecule has 0 bridgehead atoms. The Bertz CT molecular complexity index is 965. The van der Waals surface area contributed by atoms with Crippen LogP contribution in [0.4, 0.5) is 0 Å². The maximum Gasteiger partial charge on any atom is 0.294 e. The Balaban J connectivity index is 2.04. The van der Waals surface area contributed by atoms with Gasteiger partial charge >= 0.3 is 0 Å². The van der Waals surface area contributed by atoms with Crippen molar-refractivity contribution in [1.29, 1.82) is 0 Å². The number of nitrogens with zero attached hydrogens (tertiary/aromatic N) is 1. The van der Waals surface area contributed by atoms with E-state index in [2.05, 4.69) is 42.9 Å². The van der Waals surface area contributed by atoms with Crippen LogP contribution in [0.2, 0.25) is 0 Å². The molecule has 1 aromatic heterocycles. The van der Waals surface area contributed by atoms with Crippen molar-refractivity contribution in [2.24, 2.45) is 0 Å². The minimum Gasteiger partial charge on any atom is -0.338 e. The minimum atomic E-state index is -4.22. The van der Waals surface area contributed by atoms with Crippen molar-refractivity contribution in [3.8, 4) is 11.4 Å². The predicted molar refractivity (Wildman–Crippen MR) is 90.0 cm³/mol. The third-order valence-electron chi connectivity index (χ3n) is 3.78. The first-order chi connectivity index (χ1) is 10.6. The van der Waals surface area contributed by atoms with Crippen LogP contribution in [0.25, 0.3) is 22.4 Å². The SMILES string of the molecule is CC(C)(C)c1ccc(-c2nc3ccc(S(=O)(=O)O)cc3[nH]2)cc1. The van der Waals surface area contributed by atoms with Gasteiger partial charge in [-0.3, -0.25) is 4.55 Å². The highest BCUT2D eigenvalue weighted by Gasteiger charge is 2.15. The zero-order valence-corrected chi connectivity index (χ0v) is 14.0. The molecule has 0 aliphatic carbocycles. The first-order valence-corrected chi connectivity index (χ1v) is 8.67. The van der Waals surface area contributed by atoms with Gasteiger partial charge in [-0.2, -0.15) is 8.42 Å². The zero-order chi connectivity index (χ0) is 16.8. The van der Waals surface area contributed by atoms with Crippen LogP contribution in [0, 0.1) is 0 Å². The third-order valence-corrected chi connectivity index (χ3v) is 4.63. The molecular formula is C17H18N2O3S. The van der Waals surface area contributed by atoms with E-state index in [1.807, 2.05) is 12.1 Å². The largest absolute Gasteiger partial charge is 0.338 e. The number of fused-ring (bicyclic) bond motifs is 1. The van der Waals surface area contributed by atoms with Gasteiger partial charge in [-0.15, -0.1) is 0 Å². The molecule has 0 atom stereocenters. The van der Waals surface area contributed by atoms with Crippen LogP contribution in [0.5, 0.6) is 0 Å². The second-order valence-corrected chi connectivity index (χ2v) is 7.99. The van der Waals surface area contributed by atoms with Crippen molar-refractivity contribution in [1.82, 2.24) is 9.97 Å². The highest BCUT2D eigenvalue weighted by Crippen LogP contribution is 2.26. The molecule has 120 valence electrons. The quantitative estimate of drug-likeness (QED) is 0.701. The summed E-state index contributed by atoms with van der Waals surface area (Å²) in [6.45, 7) is 6.46. The molecule has 0 aliphatic heterocycles. The van der Waals surface area contributed by atoms with Gasteiger partial charge in [0, 0.05) is 5.56 Å². The summed E-state index contributed by atoms with van der Waals surface area (Å²) in [6.07, 6.45) is 0. The molecule has 3 rings (SSSR count). The van der Waals surface area contributed by atoms with E-state index in [9.17, 15) is 8.42 Å². The third kappa shape index (κ3) is 3.13. The number of hydrogen-bond donors (Lipinski definition) is 2. The van der Waals surface area contributed by atoms with Gasteiger partial charge in [0.05, 0.1) is 15.9 Å². The number of benzene rings is 2. The molecule has 6 heteroatoms. The lowest BCUT2D eigenvalue weighted by atomic mass is 9.87. The van der Waals surface area contributed by atoms with E-state index in [0.29, 0.717) is 16.9 Å². The average molecular weight is 330 g/mol. The smallest absolute Gasteiger partial charge is 0.294 e. The fourth-order valence-corrected chi connectivity index (χ4v) is 2.92. The molecule has 0 unspecified atom stereocenters. The summed E-state index contributed by atoms with van der Waals surface area (Å²) in [5.74, 6) is 0.660. The summed E-state index contributed by atoms with van der Waals surface area (Å²) >= 11 is 0. The number of imidazole rings is 1. The Labute approximate surface area is 135 Å². The minimum absolute atomic E-state index is 0.0802. The fraction of sp³-hybridized carbons (Fsp3) is 0.235. The number of aromatic amines is 1. The molecule has 5 nitrogen and oxygen atoms in total. The Morgan fingerprint density at radius 1 is 1.04 bits per heavy atom. The van der Waals surface area contributed by atoms with E-state index in [4.69, 9.17) is 4.55 Å². The molecular weight excluding hydrogens is 312 g/mol. The summed E-state index contributed by atoms with van der Waals surface area (Å²) in [5.41, 5.74) is 3.44. The van der Waals surface area contributed by atoms with Crippen LogP contribution in [-0.2, 0) is 15.5 Å². The molecule has 0 radical (unpaired) electrons. The molecule has 3 aromatic rings. The second kappa shape index (κ2) is 5.18. The van der Waals surface area contributed by atoms with Crippen molar-refractivity contribution < 1.29 is 13.0 Å². The van der Waals surface area contributed by atoms with Crippen molar-refractivity contribution >= 4 is 21.2 Å². The van der Waals surface area contributed by atoms with Gasteiger partial charge in [-0.25, -0.2) is 4.98 Å². The van der Waals surface area contributed by atoms with Crippen LogP contribution in [0.1, 0.15) is 26.3 Å². The maximum atomic E-state index is 11.2. The van der Waals surface area contributed by atoms with Gasteiger partial charge in [0.15, 0.2) is 0 Å². The predicted octanol–water partition coefficient (Wildman–Crippen LogP) is 3.77. The molecule has 0 spiro atoms. The molecule has 0 amide bonds. The zero-order valence-electron chi connectivity index (χ0n) is 13.2. The number of H-pyrrole nitrogens is 1. The Kier molecular flexibility index (Phi) is 3.54. The molecule has 0 fully saturated rings. The molecule has 23 heavy (non-hydrogen) atoms. The van der Waals surface area contributed by atoms with Gasteiger partial charge in [0.25, 0.3) is 10.1 Å². The molecule has 0 saturated heterocycles.